The van der Waals surface area contributed by atoms with Crippen LogP contribution >= 0.6 is 15.9 Å². The summed E-state index contributed by atoms with van der Waals surface area (Å²) in [5.41, 5.74) is -0.105. The Morgan fingerprint density at radius 1 is 1.42 bits per heavy atom. The summed E-state index contributed by atoms with van der Waals surface area (Å²) in [6.07, 6.45) is 1.57. The molecule has 0 spiro atoms. The summed E-state index contributed by atoms with van der Waals surface area (Å²) in [5.74, 6) is -0.758. The van der Waals surface area contributed by atoms with Crippen LogP contribution in [0.5, 0.6) is 5.75 Å². The first-order valence-corrected chi connectivity index (χ1v) is 5.89. The number of nitro benzene ring substituents is 1. The van der Waals surface area contributed by atoms with E-state index in [2.05, 4.69) is 26.2 Å². The molecular weight excluding hydrogens is 318 g/mol. The molecule has 2 aromatic rings. The van der Waals surface area contributed by atoms with E-state index in [1.807, 2.05) is 0 Å². The Hall–Kier alpha value is -2.35. The van der Waals surface area contributed by atoms with Gasteiger partial charge in [-0.05, 0) is 34.1 Å². The van der Waals surface area contributed by atoms with Crippen molar-refractivity contribution in [2.45, 2.75) is 0 Å². The number of aromatic amines is 1. The molecule has 1 amide bonds. The van der Waals surface area contributed by atoms with Gasteiger partial charge in [0.05, 0.1) is 11.0 Å². The monoisotopic (exact) mass is 325 g/mol. The lowest BCUT2D eigenvalue weighted by Gasteiger charge is -2.05. The number of anilines is 1. The third-order valence-corrected chi connectivity index (χ3v) is 2.78. The fraction of sp³-hybridized carbons (Fsp3) is 0. The number of phenolic OH excluding ortho intramolecular Hbond substituents is 1. The summed E-state index contributed by atoms with van der Waals surface area (Å²) >= 11 is 3.18. The summed E-state index contributed by atoms with van der Waals surface area (Å²) in [6.45, 7) is 0. The molecule has 2 rings (SSSR count). The molecule has 98 valence electrons. The molecule has 0 fully saturated rings. The highest BCUT2D eigenvalue weighted by atomic mass is 79.9. The van der Waals surface area contributed by atoms with Gasteiger partial charge in [-0.3, -0.25) is 14.9 Å². The van der Waals surface area contributed by atoms with E-state index in [0.29, 0.717) is 4.47 Å². The van der Waals surface area contributed by atoms with Crippen molar-refractivity contribution in [2.24, 2.45) is 0 Å². The lowest BCUT2D eigenvalue weighted by molar-refractivity contribution is -0.384. The smallest absolute Gasteiger partial charge is 0.296 e. The van der Waals surface area contributed by atoms with E-state index in [1.165, 1.54) is 12.1 Å². The van der Waals surface area contributed by atoms with Crippen LogP contribution < -0.4 is 5.32 Å². The van der Waals surface area contributed by atoms with Crippen LogP contribution in [0.2, 0.25) is 0 Å². The van der Waals surface area contributed by atoms with Gasteiger partial charge >= 0.3 is 0 Å². The number of aromatic hydroxyl groups is 1. The number of nitro groups is 1. The van der Waals surface area contributed by atoms with E-state index in [1.54, 1.807) is 12.3 Å². The van der Waals surface area contributed by atoms with E-state index in [-0.39, 0.29) is 22.8 Å². The molecule has 1 aromatic heterocycles. The van der Waals surface area contributed by atoms with Crippen molar-refractivity contribution < 1.29 is 14.8 Å². The highest BCUT2D eigenvalue weighted by molar-refractivity contribution is 9.10. The van der Waals surface area contributed by atoms with Crippen molar-refractivity contribution in [3.63, 3.8) is 0 Å². The number of phenols is 1. The van der Waals surface area contributed by atoms with Crippen LogP contribution in [0.4, 0.5) is 11.4 Å². The molecule has 0 aliphatic rings. The van der Waals surface area contributed by atoms with E-state index in [0.717, 1.165) is 6.07 Å². The summed E-state index contributed by atoms with van der Waals surface area (Å²) < 4.78 is 0.692. The molecule has 3 N–H and O–H groups in total. The molecule has 0 bridgehead atoms. The molecule has 0 atom stereocenters. The second kappa shape index (κ2) is 5.11. The fourth-order valence-electron chi connectivity index (χ4n) is 1.47. The predicted octanol–water partition coefficient (Wildman–Crippen LogP) is 2.64. The number of hydrogen-bond acceptors (Lipinski definition) is 4. The second-order valence-electron chi connectivity index (χ2n) is 3.64. The third kappa shape index (κ3) is 2.91. The first-order valence-electron chi connectivity index (χ1n) is 5.10. The molecule has 1 aromatic carbocycles. The molecule has 0 saturated heterocycles. The number of rotatable bonds is 3. The van der Waals surface area contributed by atoms with E-state index in [4.69, 9.17) is 0 Å². The number of nitrogens with zero attached hydrogens (tertiary/aromatic N) is 1. The third-order valence-electron chi connectivity index (χ3n) is 2.32. The number of hydrogen-bond donors (Lipinski definition) is 3. The average molecular weight is 326 g/mol. The number of carbonyl (C=O) groups is 1. The van der Waals surface area contributed by atoms with Gasteiger partial charge in [-0.15, -0.1) is 0 Å². The topological polar surface area (TPSA) is 108 Å². The van der Waals surface area contributed by atoms with Gasteiger partial charge in [-0.25, -0.2) is 0 Å². The maximum atomic E-state index is 11.8. The summed E-state index contributed by atoms with van der Waals surface area (Å²) in [4.78, 5) is 24.7. The minimum atomic E-state index is -0.681. The number of carbonyl (C=O) groups excluding carboxylic acids is 1. The van der Waals surface area contributed by atoms with Crippen LogP contribution in [0.1, 0.15) is 10.5 Å². The lowest BCUT2D eigenvalue weighted by Crippen LogP contribution is -2.13. The van der Waals surface area contributed by atoms with Crippen molar-refractivity contribution in [1.29, 1.82) is 0 Å². The molecule has 19 heavy (non-hydrogen) atoms. The molecule has 0 unspecified atom stereocenters. The van der Waals surface area contributed by atoms with E-state index in [9.17, 15) is 20.0 Å². The molecule has 1 heterocycles. The van der Waals surface area contributed by atoms with Crippen LogP contribution in [-0.4, -0.2) is 20.9 Å². The van der Waals surface area contributed by atoms with Crippen LogP contribution in [0.25, 0.3) is 0 Å². The van der Waals surface area contributed by atoms with Crippen molar-refractivity contribution >= 4 is 33.2 Å². The van der Waals surface area contributed by atoms with Gasteiger partial charge < -0.3 is 15.4 Å². The molecular formula is C11H8BrN3O4. The number of H-pyrrole nitrogens is 1. The zero-order valence-electron chi connectivity index (χ0n) is 9.38. The van der Waals surface area contributed by atoms with Gasteiger partial charge in [-0.1, -0.05) is 0 Å². The Labute approximate surface area is 115 Å². The quantitative estimate of drug-likeness (QED) is 0.458. The first kappa shape index (κ1) is 13.1. The summed E-state index contributed by atoms with van der Waals surface area (Å²) in [7, 11) is 0. The maximum absolute atomic E-state index is 11.8. The van der Waals surface area contributed by atoms with Gasteiger partial charge in [0.25, 0.3) is 11.6 Å². The Balaban J connectivity index is 2.28. The Kier molecular flexibility index (Phi) is 3.52. The second-order valence-corrected chi connectivity index (χ2v) is 4.56. The largest absolute Gasteiger partial charge is 0.508 e. The van der Waals surface area contributed by atoms with Gasteiger partial charge in [0.15, 0.2) is 0 Å². The minimum absolute atomic E-state index is 0.0125. The van der Waals surface area contributed by atoms with E-state index < -0.39 is 10.8 Å². The van der Waals surface area contributed by atoms with Crippen LogP contribution in [-0.2, 0) is 0 Å². The Bertz CT molecular complexity index is 653. The number of halogens is 1. The minimum Gasteiger partial charge on any atom is -0.508 e. The number of benzene rings is 1. The van der Waals surface area contributed by atoms with Gasteiger partial charge in [-0.2, -0.15) is 0 Å². The zero-order chi connectivity index (χ0) is 14.0. The van der Waals surface area contributed by atoms with Crippen LogP contribution in [0, 0.1) is 10.1 Å². The van der Waals surface area contributed by atoms with Crippen molar-refractivity contribution in [3.8, 4) is 5.75 Å². The molecule has 0 aliphatic heterocycles. The van der Waals surface area contributed by atoms with Crippen LogP contribution in [0.15, 0.2) is 34.9 Å². The normalized spacial score (nSPS) is 10.2. The number of aromatic nitrogens is 1. The molecule has 0 saturated carbocycles. The summed E-state index contributed by atoms with van der Waals surface area (Å²) in [5, 5.41) is 22.4. The molecule has 7 nitrogen and oxygen atoms in total. The maximum Gasteiger partial charge on any atom is 0.296 e. The molecule has 0 aliphatic carbocycles. The van der Waals surface area contributed by atoms with Gasteiger partial charge in [0.1, 0.15) is 17.1 Å². The van der Waals surface area contributed by atoms with Crippen molar-refractivity contribution in [2.75, 3.05) is 5.32 Å². The SMILES string of the molecule is O=C(Nc1ccc(O)cc1[N+](=O)[O-])c1cc(Br)c[nH]1. The fourth-order valence-corrected chi connectivity index (χ4v) is 1.81. The highest BCUT2D eigenvalue weighted by Crippen LogP contribution is 2.28. The average Bonchev–Trinajstić information content (AvgIpc) is 2.78. The highest BCUT2D eigenvalue weighted by Gasteiger charge is 2.18. The lowest BCUT2D eigenvalue weighted by atomic mass is 10.2. The standard InChI is InChI=1S/C11H8BrN3O4/c12-6-3-9(13-5-6)11(17)14-8-2-1-7(16)4-10(8)15(18)19/h1-5,13,16H,(H,14,17). The molecule has 0 radical (unpaired) electrons. The Morgan fingerprint density at radius 3 is 2.74 bits per heavy atom. The number of amides is 1. The van der Waals surface area contributed by atoms with Crippen molar-refractivity contribution in [1.82, 2.24) is 4.98 Å². The number of nitrogens with one attached hydrogen (secondary N) is 2. The van der Waals surface area contributed by atoms with Crippen molar-refractivity contribution in [3.05, 3.63) is 50.7 Å². The first-order chi connectivity index (χ1) is 8.97. The van der Waals surface area contributed by atoms with Crippen LogP contribution in [0.3, 0.4) is 0 Å². The predicted molar refractivity (Wildman–Crippen MR) is 71.2 cm³/mol. The van der Waals surface area contributed by atoms with Gasteiger partial charge in [0, 0.05) is 10.7 Å². The summed E-state index contributed by atoms with van der Waals surface area (Å²) in [6, 6.07) is 5.04. The zero-order valence-corrected chi connectivity index (χ0v) is 11.0. The Morgan fingerprint density at radius 2 is 2.16 bits per heavy atom. The van der Waals surface area contributed by atoms with E-state index >= 15 is 0 Å². The molecule has 8 heteroatoms. The van der Waals surface area contributed by atoms with Gasteiger partial charge in [0.2, 0.25) is 0 Å².